The molecule has 3 N–H and O–H groups in total. The predicted octanol–water partition coefficient (Wildman–Crippen LogP) is 4.56. The van der Waals surface area contributed by atoms with Crippen LogP contribution >= 0.6 is 0 Å². The number of benzene rings is 4. The molecule has 15 heteroatoms. The van der Waals surface area contributed by atoms with Gasteiger partial charge in [-0.1, -0.05) is 115 Å². The first-order valence-electron chi connectivity index (χ1n) is 19.8. The average molecular weight is 863 g/mol. The van der Waals surface area contributed by atoms with Gasteiger partial charge in [-0.2, -0.15) is 8.42 Å². The van der Waals surface area contributed by atoms with Crippen molar-refractivity contribution in [2.45, 2.75) is 105 Å². The maximum absolute atomic E-state index is 13.8. The first kappa shape index (κ1) is 46.2. The van der Waals surface area contributed by atoms with Crippen molar-refractivity contribution in [2.24, 2.45) is 0 Å². The Balaban J connectivity index is 1.49. The van der Waals surface area contributed by atoms with Crippen molar-refractivity contribution in [3.05, 3.63) is 150 Å². The van der Waals surface area contributed by atoms with E-state index in [0.717, 1.165) is 29.7 Å². The van der Waals surface area contributed by atoms with Crippen molar-refractivity contribution in [2.75, 3.05) is 20.3 Å². The molecule has 6 rings (SSSR count). The predicted molar refractivity (Wildman–Crippen MR) is 221 cm³/mol. The van der Waals surface area contributed by atoms with Crippen LogP contribution in [0.2, 0.25) is 0 Å². The maximum Gasteiger partial charge on any atom is 0.303 e. The summed E-state index contributed by atoms with van der Waals surface area (Å²) in [4.78, 5) is 12.8. The molecule has 2 heterocycles. The monoisotopic (exact) mass is 862 g/mol. The van der Waals surface area contributed by atoms with Gasteiger partial charge < -0.3 is 48.5 Å². The van der Waals surface area contributed by atoms with Crippen molar-refractivity contribution < 1.29 is 65.9 Å². The summed E-state index contributed by atoms with van der Waals surface area (Å²) in [5.74, 6) is -3.00. The van der Waals surface area contributed by atoms with Crippen LogP contribution in [0.4, 0.5) is 0 Å². The van der Waals surface area contributed by atoms with Gasteiger partial charge in [0.25, 0.3) is 10.1 Å². The van der Waals surface area contributed by atoms with Gasteiger partial charge in [-0.05, 0) is 42.7 Å². The van der Waals surface area contributed by atoms with Crippen LogP contribution in [0.25, 0.3) is 0 Å². The van der Waals surface area contributed by atoms with E-state index in [1.54, 1.807) is 19.1 Å². The number of aliphatic hydroxyl groups is 3. The molecule has 0 radical (unpaired) electrons. The van der Waals surface area contributed by atoms with Crippen LogP contribution in [-0.2, 0) is 72.1 Å². The number of ether oxygens (including phenoxy) is 7. The van der Waals surface area contributed by atoms with Gasteiger partial charge >= 0.3 is 5.97 Å². The Hall–Kier alpha value is -4.36. The molecule has 61 heavy (non-hydrogen) atoms. The summed E-state index contributed by atoms with van der Waals surface area (Å²) in [5.41, 5.74) is -1.69. The largest absolute Gasteiger partial charge is 0.457 e. The Labute approximate surface area is 356 Å². The van der Waals surface area contributed by atoms with Crippen molar-refractivity contribution in [1.82, 2.24) is 0 Å². The highest BCUT2D eigenvalue weighted by atomic mass is 32.2. The van der Waals surface area contributed by atoms with E-state index in [1.807, 2.05) is 91.0 Å². The summed E-state index contributed by atoms with van der Waals surface area (Å²) in [6.07, 6.45) is -10.3. The third-order valence-electron chi connectivity index (χ3n) is 11.0. The Morgan fingerprint density at radius 2 is 1.31 bits per heavy atom. The highest BCUT2D eigenvalue weighted by Crippen LogP contribution is 2.48. The van der Waals surface area contributed by atoms with Gasteiger partial charge in [0.15, 0.2) is 17.5 Å². The average Bonchev–Trinajstić information content (AvgIpc) is 3.25. The zero-order valence-corrected chi connectivity index (χ0v) is 35.4. The minimum Gasteiger partial charge on any atom is -0.457 e. The van der Waals surface area contributed by atoms with Gasteiger partial charge in [-0.25, -0.2) is 0 Å². The van der Waals surface area contributed by atoms with Crippen LogP contribution in [0.5, 0.6) is 0 Å². The molecule has 2 aliphatic rings. The van der Waals surface area contributed by atoms with Crippen LogP contribution in [0.15, 0.2) is 133 Å². The van der Waals surface area contributed by atoms with Crippen LogP contribution < -0.4 is 0 Å². The van der Waals surface area contributed by atoms with E-state index in [1.165, 1.54) is 26.2 Å². The van der Waals surface area contributed by atoms with Gasteiger partial charge in [0.1, 0.15) is 48.8 Å². The molecule has 0 amide bonds. The topological polar surface area (TPSA) is 186 Å². The molecule has 2 saturated heterocycles. The van der Waals surface area contributed by atoms with Crippen LogP contribution in [0.1, 0.15) is 36.1 Å². The maximum atomic E-state index is 13.8. The highest BCUT2D eigenvalue weighted by molar-refractivity contribution is 7.86. The number of methoxy groups -OCH3 is 1. The lowest BCUT2D eigenvalue weighted by Gasteiger charge is -2.60. The molecule has 0 saturated carbocycles. The molecule has 10 atom stereocenters. The quantitative estimate of drug-likeness (QED) is 0.0719. The Morgan fingerprint density at radius 3 is 1.82 bits per heavy atom. The molecule has 14 nitrogen and oxygen atoms in total. The van der Waals surface area contributed by atoms with E-state index in [-0.39, 0.29) is 24.7 Å². The number of rotatable bonds is 18. The lowest BCUT2D eigenvalue weighted by Crippen LogP contribution is -2.81. The fraction of sp³-hybridized carbons (Fsp3) is 0.413. The highest BCUT2D eigenvalue weighted by Gasteiger charge is 2.70. The summed E-state index contributed by atoms with van der Waals surface area (Å²) >= 11 is 0. The number of aryl methyl sites for hydroxylation is 1. The Morgan fingerprint density at radius 1 is 0.787 bits per heavy atom. The number of hydrogen-bond donors (Lipinski definition) is 3. The van der Waals surface area contributed by atoms with Gasteiger partial charge in [0.05, 0.1) is 31.3 Å². The zero-order chi connectivity index (χ0) is 43.8. The second kappa shape index (κ2) is 19.8. The Kier molecular flexibility index (Phi) is 15.0. The smallest absolute Gasteiger partial charge is 0.303 e. The summed E-state index contributed by atoms with van der Waals surface area (Å²) in [6, 6.07) is 33.3. The summed E-state index contributed by atoms with van der Waals surface area (Å²) in [5, 5.41) is 38.0. The summed E-state index contributed by atoms with van der Waals surface area (Å²) in [7, 11) is -3.23. The normalized spacial score (nSPS) is 30.4. The first-order chi connectivity index (χ1) is 29.1. The molecular weight excluding hydrogens is 809 g/mol. The van der Waals surface area contributed by atoms with E-state index < -0.39 is 89.0 Å². The molecule has 0 aromatic heterocycles. The van der Waals surface area contributed by atoms with Crippen LogP contribution in [0.3, 0.4) is 0 Å². The molecule has 0 spiro atoms. The first-order valence-corrected chi connectivity index (χ1v) is 21.2. The Bertz CT molecular complexity index is 2140. The molecule has 4 aromatic rings. The van der Waals surface area contributed by atoms with Crippen molar-refractivity contribution in [3.8, 4) is 0 Å². The molecule has 0 bridgehead atoms. The van der Waals surface area contributed by atoms with E-state index in [0.29, 0.717) is 5.56 Å². The molecule has 2 aliphatic heterocycles. The second-order valence-corrected chi connectivity index (χ2v) is 17.0. The molecule has 2 fully saturated rings. The molecule has 328 valence electrons. The van der Waals surface area contributed by atoms with Gasteiger partial charge in [0, 0.05) is 14.0 Å². The van der Waals surface area contributed by atoms with E-state index >= 15 is 0 Å². The number of carbonyl (C=O) groups is 1. The SMILES string of the molecule is C=C[C@]1(COS(=O)(=O)c2ccc(C)cc2)O[C@@H]([C@]2(O)[C@H](OCc3ccccc3)[C@@H](OCc3ccccc3)[C@@](C)(O)O[C@@H]2COCc2ccccc2)[C@@H](OC(C)=O)[C@@H](OC)[C@@H]1O. The van der Waals surface area contributed by atoms with Gasteiger partial charge in [0.2, 0.25) is 0 Å². The molecular formula is C46H54O14S. The lowest BCUT2D eigenvalue weighted by atomic mass is 9.71. The molecule has 0 unspecified atom stereocenters. The van der Waals surface area contributed by atoms with Crippen molar-refractivity contribution in [3.63, 3.8) is 0 Å². The van der Waals surface area contributed by atoms with Crippen molar-refractivity contribution in [1.29, 1.82) is 0 Å². The molecule has 4 aromatic carbocycles. The minimum atomic E-state index is -4.47. The molecule has 0 aliphatic carbocycles. The fourth-order valence-electron chi connectivity index (χ4n) is 7.74. The van der Waals surface area contributed by atoms with Crippen LogP contribution in [0, 0.1) is 6.92 Å². The zero-order valence-electron chi connectivity index (χ0n) is 34.6. The fourth-order valence-corrected chi connectivity index (χ4v) is 8.69. The number of hydrogen-bond acceptors (Lipinski definition) is 14. The standard InChI is InChI=1S/C46H54O14S/c1-6-45(30-57-61(51,52)36-24-22-31(2)23-25-36)40(48)38(53-5)39(58-32(3)47)41(60-45)46(50)37(29-54-26-33-16-10-7-11-17-33)59-44(4,49)42(55-27-34-18-12-8-13-19-34)43(46)56-28-35-20-14-9-15-21-35/h6-25,37-43,48-50H,1,26-30H2,2-5H3/t37-,38-,39+,40+,41-,42-,43-,44+,45-,46+/m1/s1. The lowest BCUT2D eigenvalue weighted by molar-refractivity contribution is -0.413. The number of aliphatic hydroxyl groups excluding tert-OH is 1. The van der Waals surface area contributed by atoms with E-state index in [9.17, 15) is 28.5 Å². The summed E-state index contributed by atoms with van der Waals surface area (Å²) < 4.78 is 76.8. The summed E-state index contributed by atoms with van der Waals surface area (Å²) in [6.45, 7) is 6.78. The second-order valence-electron chi connectivity index (χ2n) is 15.4. The number of esters is 1. The van der Waals surface area contributed by atoms with E-state index in [2.05, 4.69) is 6.58 Å². The van der Waals surface area contributed by atoms with Crippen LogP contribution in [-0.4, -0.2) is 110 Å². The number of carbonyl (C=O) groups excluding carboxylic acids is 1. The minimum absolute atomic E-state index is 0.0576. The van der Waals surface area contributed by atoms with Gasteiger partial charge in [-0.3, -0.25) is 8.98 Å². The van der Waals surface area contributed by atoms with Gasteiger partial charge in [-0.15, -0.1) is 6.58 Å². The third kappa shape index (κ3) is 10.5. The third-order valence-corrected chi connectivity index (χ3v) is 12.3. The van der Waals surface area contributed by atoms with Crippen molar-refractivity contribution >= 4 is 16.1 Å². The van der Waals surface area contributed by atoms with E-state index in [4.69, 9.17) is 37.3 Å².